The first-order chi connectivity index (χ1) is 18.6. The molecule has 3 heterocycles. The number of ether oxygens (including phenoxy) is 1. The van der Waals surface area contributed by atoms with Crippen molar-refractivity contribution in [3.05, 3.63) is 101 Å². The van der Waals surface area contributed by atoms with Gasteiger partial charge >= 0.3 is 0 Å². The van der Waals surface area contributed by atoms with Gasteiger partial charge in [-0.3, -0.25) is 9.71 Å². The molecule has 0 spiro atoms. The second kappa shape index (κ2) is 10.3. The molecular weight excluding hydrogens is 530 g/mol. The summed E-state index contributed by atoms with van der Waals surface area (Å²) in [6, 6.07) is 21.4. The van der Waals surface area contributed by atoms with Crippen molar-refractivity contribution in [1.29, 1.82) is 0 Å². The number of aromatic nitrogens is 2. The zero-order valence-electron chi connectivity index (χ0n) is 22.5. The van der Waals surface area contributed by atoms with Crippen molar-refractivity contribution in [2.75, 3.05) is 23.0 Å². The number of hydrogen-bond acceptors (Lipinski definition) is 5. The van der Waals surface area contributed by atoms with E-state index in [1.165, 1.54) is 12.7 Å². The Morgan fingerprint density at radius 3 is 2.36 bits per heavy atom. The van der Waals surface area contributed by atoms with Crippen molar-refractivity contribution in [2.45, 2.75) is 32.9 Å². The van der Waals surface area contributed by atoms with E-state index in [1.54, 1.807) is 18.3 Å². The highest BCUT2D eigenvalue weighted by Gasteiger charge is 2.42. The van der Waals surface area contributed by atoms with E-state index in [0.29, 0.717) is 16.5 Å². The van der Waals surface area contributed by atoms with E-state index in [9.17, 15) is 8.42 Å². The van der Waals surface area contributed by atoms with Crippen LogP contribution in [0.1, 0.15) is 40.3 Å². The minimum Gasteiger partial charge on any atom is -0.494 e. The van der Waals surface area contributed by atoms with Gasteiger partial charge in [-0.1, -0.05) is 23.8 Å². The minimum atomic E-state index is -3.48. The first kappa shape index (κ1) is 26.7. The van der Waals surface area contributed by atoms with Crippen molar-refractivity contribution < 1.29 is 13.2 Å². The SMILES string of the molecule is COc1cc(N2C(=S)N[C@@H](c3ccccn3)[C@@H]2c2cc(C)n(-c3ccc(C)cc3)c2C)ccc1NS(C)(=O)=O. The highest BCUT2D eigenvalue weighted by molar-refractivity contribution is 7.92. The molecule has 1 aliphatic rings. The number of nitrogens with zero attached hydrogens (tertiary/aromatic N) is 3. The molecule has 2 atom stereocenters. The Balaban J connectivity index is 1.66. The van der Waals surface area contributed by atoms with E-state index in [4.69, 9.17) is 17.0 Å². The number of nitrogens with one attached hydrogen (secondary N) is 2. The lowest BCUT2D eigenvalue weighted by molar-refractivity contribution is 0.417. The largest absolute Gasteiger partial charge is 0.494 e. The lowest BCUT2D eigenvalue weighted by Crippen LogP contribution is -2.29. The van der Waals surface area contributed by atoms with Crippen LogP contribution in [0.15, 0.2) is 72.9 Å². The summed E-state index contributed by atoms with van der Waals surface area (Å²) in [5.74, 6) is 0.394. The standard InChI is InChI=1S/C29H31N5O3S2/c1-18-9-11-21(12-10-18)33-19(2)16-23(20(33)3)28-27(25-8-6-7-15-30-25)31-29(38)34(28)22-13-14-24(26(17-22)37-4)32-39(5,35)36/h6-17,27-28,32H,1-5H3,(H,31,38)/t27-,28-/m0/s1. The van der Waals surface area contributed by atoms with Crippen LogP contribution in [0, 0.1) is 20.8 Å². The van der Waals surface area contributed by atoms with E-state index < -0.39 is 10.0 Å². The maximum absolute atomic E-state index is 11.9. The lowest BCUT2D eigenvalue weighted by atomic mass is 9.96. The fourth-order valence-corrected chi connectivity index (χ4v) is 6.16. The van der Waals surface area contributed by atoms with Crippen LogP contribution in [0.25, 0.3) is 5.69 Å². The first-order valence-corrected chi connectivity index (χ1v) is 14.8. The third-order valence-corrected chi connectivity index (χ3v) is 7.84. The Kier molecular flexibility index (Phi) is 7.09. The predicted octanol–water partition coefficient (Wildman–Crippen LogP) is 5.35. The highest BCUT2D eigenvalue weighted by atomic mass is 32.2. The Bertz CT molecular complexity index is 1630. The van der Waals surface area contributed by atoms with Crippen molar-refractivity contribution in [3.63, 3.8) is 0 Å². The van der Waals surface area contributed by atoms with Gasteiger partial charge in [0.15, 0.2) is 5.11 Å². The van der Waals surface area contributed by atoms with E-state index in [0.717, 1.165) is 40.3 Å². The molecule has 2 N–H and O–H groups in total. The van der Waals surface area contributed by atoms with Crippen LogP contribution >= 0.6 is 12.2 Å². The molecule has 0 saturated carbocycles. The average Bonchev–Trinajstić information content (AvgIpc) is 3.39. The monoisotopic (exact) mass is 561 g/mol. The van der Waals surface area contributed by atoms with E-state index in [2.05, 4.69) is 75.6 Å². The Labute approximate surface area is 234 Å². The van der Waals surface area contributed by atoms with Crippen LogP contribution in [0.2, 0.25) is 0 Å². The topological polar surface area (TPSA) is 88.5 Å². The molecule has 4 aromatic rings. The second-order valence-electron chi connectivity index (χ2n) is 9.75. The number of aryl methyl sites for hydroxylation is 2. The molecule has 202 valence electrons. The zero-order chi connectivity index (χ0) is 27.9. The van der Waals surface area contributed by atoms with Crippen LogP contribution in [0.4, 0.5) is 11.4 Å². The summed E-state index contributed by atoms with van der Waals surface area (Å²) in [6.45, 7) is 6.30. The predicted molar refractivity (Wildman–Crippen MR) is 159 cm³/mol. The fraction of sp³-hybridized carbons (Fsp3) is 0.241. The van der Waals surface area contributed by atoms with E-state index >= 15 is 0 Å². The van der Waals surface area contributed by atoms with Gasteiger partial charge in [0, 0.05) is 35.0 Å². The maximum atomic E-state index is 11.9. The molecule has 8 nitrogen and oxygen atoms in total. The van der Waals surface area contributed by atoms with E-state index in [-0.39, 0.29) is 12.1 Å². The molecule has 0 radical (unpaired) electrons. The summed E-state index contributed by atoms with van der Waals surface area (Å²) in [5, 5.41) is 4.04. The van der Waals surface area contributed by atoms with Gasteiger partial charge < -0.3 is 19.5 Å². The molecule has 1 aliphatic heterocycles. The van der Waals surface area contributed by atoms with Crippen LogP contribution in [-0.4, -0.2) is 36.4 Å². The van der Waals surface area contributed by atoms with Crippen molar-refractivity contribution in [2.24, 2.45) is 0 Å². The van der Waals surface area contributed by atoms with Gasteiger partial charge in [-0.25, -0.2) is 8.42 Å². The summed E-state index contributed by atoms with van der Waals surface area (Å²) in [7, 11) is -1.97. The molecule has 0 amide bonds. The van der Waals surface area contributed by atoms with Gasteiger partial charge in [0.2, 0.25) is 10.0 Å². The summed E-state index contributed by atoms with van der Waals surface area (Å²) < 4.78 is 34.1. The summed E-state index contributed by atoms with van der Waals surface area (Å²) in [6.07, 6.45) is 2.89. The molecule has 5 rings (SSSR count). The number of pyridine rings is 1. The van der Waals surface area contributed by atoms with Crippen molar-refractivity contribution >= 4 is 38.7 Å². The van der Waals surface area contributed by atoms with Gasteiger partial charge in [0.05, 0.1) is 36.8 Å². The molecule has 2 aromatic heterocycles. The van der Waals surface area contributed by atoms with Crippen LogP contribution in [-0.2, 0) is 10.0 Å². The molecule has 1 saturated heterocycles. The van der Waals surface area contributed by atoms with Crippen molar-refractivity contribution in [3.8, 4) is 11.4 Å². The Hall–Kier alpha value is -3.89. The number of thiocarbonyl (C=S) groups is 1. The molecule has 0 unspecified atom stereocenters. The first-order valence-electron chi connectivity index (χ1n) is 12.5. The summed E-state index contributed by atoms with van der Waals surface area (Å²) >= 11 is 5.90. The number of hydrogen-bond donors (Lipinski definition) is 2. The minimum absolute atomic E-state index is 0.217. The number of sulfonamides is 1. The van der Waals surface area contributed by atoms with Gasteiger partial charge in [0.25, 0.3) is 0 Å². The Morgan fingerprint density at radius 1 is 1.00 bits per heavy atom. The van der Waals surface area contributed by atoms with Crippen LogP contribution in [0.5, 0.6) is 5.75 Å². The van der Waals surface area contributed by atoms with E-state index in [1.807, 2.05) is 24.3 Å². The number of benzene rings is 2. The quantitative estimate of drug-likeness (QED) is 0.294. The van der Waals surface area contributed by atoms with Gasteiger partial charge in [-0.05, 0) is 81.0 Å². The Morgan fingerprint density at radius 2 is 1.72 bits per heavy atom. The third-order valence-electron chi connectivity index (χ3n) is 6.94. The average molecular weight is 562 g/mol. The number of anilines is 2. The zero-order valence-corrected chi connectivity index (χ0v) is 24.1. The maximum Gasteiger partial charge on any atom is 0.229 e. The molecule has 1 fully saturated rings. The second-order valence-corrected chi connectivity index (χ2v) is 11.9. The molecule has 2 aromatic carbocycles. The number of rotatable bonds is 7. The molecule has 39 heavy (non-hydrogen) atoms. The number of methoxy groups -OCH3 is 1. The van der Waals surface area contributed by atoms with Gasteiger partial charge in [-0.2, -0.15) is 0 Å². The normalized spacial score (nSPS) is 17.3. The van der Waals surface area contributed by atoms with Crippen LogP contribution in [0.3, 0.4) is 0 Å². The summed E-state index contributed by atoms with van der Waals surface area (Å²) in [5.41, 5.74) is 7.60. The molecule has 0 aliphatic carbocycles. The van der Waals surface area contributed by atoms with Crippen LogP contribution < -0.4 is 19.7 Å². The third kappa shape index (κ3) is 5.22. The molecule has 10 heteroatoms. The smallest absolute Gasteiger partial charge is 0.229 e. The highest BCUT2D eigenvalue weighted by Crippen LogP contribution is 2.45. The van der Waals surface area contributed by atoms with Gasteiger partial charge in [-0.15, -0.1) is 0 Å². The molecule has 0 bridgehead atoms. The fourth-order valence-electron chi connectivity index (χ4n) is 5.24. The molecular formula is C29H31N5O3S2. The van der Waals surface area contributed by atoms with Crippen molar-refractivity contribution in [1.82, 2.24) is 14.9 Å². The lowest BCUT2D eigenvalue weighted by Gasteiger charge is -2.29. The summed E-state index contributed by atoms with van der Waals surface area (Å²) in [4.78, 5) is 6.72. The van der Waals surface area contributed by atoms with Gasteiger partial charge in [0.1, 0.15) is 5.75 Å².